The van der Waals surface area contributed by atoms with Crippen molar-refractivity contribution in [1.29, 1.82) is 5.26 Å². The lowest BCUT2D eigenvalue weighted by molar-refractivity contribution is -0.142. The van der Waals surface area contributed by atoms with Gasteiger partial charge < -0.3 is 15.0 Å². The van der Waals surface area contributed by atoms with Crippen LogP contribution in [0.25, 0.3) is 6.08 Å². The van der Waals surface area contributed by atoms with Gasteiger partial charge >= 0.3 is 5.97 Å². The fraction of sp³-hybridized carbons (Fsp3) is 0.150. The molecule has 1 N–H and O–H groups in total. The highest BCUT2D eigenvalue weighted by Crippen LogP contribution is 2.15. The molecular formula is C20H18FN3O3. The SMILES string of the molecule is CN(C)c1ccc(/C=C(\C#N)C(=O)OCC(=O)Nc2ccc(F)cc2)cc1. The highest BCUT2D eigenvalue weighted by molar-refractivity contribution is 6.00. The number of ether oxygens (including phenoxy) is 1. The molecule has 0 spiro atoms. The summed E-state index contributed by atoms with van der Waals surface area (Å²) in [5, 5.41) is 11.6. The maximum atomic E-state index is 12.8. The first-order valence-corrected chi connectivity index (χ1v) is 8.01. The second kappa shape index (κ2) is 9.15. The summed E-state index contributed by atoms with van der Waals surface area (Å²) < 4.78 is 17.7. The van der Waals surface area contributed by atoms with Crippen LogP contribution in [0.1, 0.15) is 5.56 Å². The number of amides is 1. The molecule has 0 radical (unpaired) electrons. The Labute approximate surface area is 156 Å². The lowest BCUT2D eigenvalue weighted by Crippen LogP contribution is -2.21. The summed E-state index contributed by atoms with van der Waals surface area (Å²) in [6, 6.07) is 14.2. The third kappa shape index (κ3) is 5.97. The molecule has 0 fully saturated rings. The number of carbonyl (C=O) groups is 2. The molecule has 0 heterocycles. The van der Waals surface area contributed by atoms with Crippen molar-refractivity contribution in [3.8, 4) is 6.07 Å². The van der Waals surface area contributed by atoms with Gasteiger partial charge in [-0.05, 0) is 48.0 Å². The number of nitrogens with zero attached hydrogens (tertiary/aromatic N) is 2. The van der Waals surface area contributed by atoms with Gasteiger partial charge in [0.2, 0.25) is 0 Å². The van der Waals surface area contributed by atoms with Gasteiger partial charge in [-0.15, -0.1) is 0 Å². The maximum absolute atomic E-state index is 12.8. The van der Waals surface area contributed by atoms with Gasteiger partial charge in [-0.3, -0.25) is 4.79 Å². The average molecular weight is 367 g/mol. The summed E-state index contributed by atoms with van der Waals surface area (Å²) in [5.41, 5.74) is 1.78. The summed E-state index contributed by atoms with van der Waals surface area (Å²) in [5.74, 6) is -1.92. The van der Waals surface area contributed by atoms with Gasteiger partial charge in [0.15, 0.2) is 6.61 Å². The van der Waals surface area contributed by atoms with Gasteiger partial charge in [0.05, 0.1) is 0 Å². The highest BCUT2D eigenvalue weighted by atomic mass is 19.1. The van der Waals surface area contributed by atoms with Crippen molar-refractivity contribution in [3.05, 3.63) is 65.5 Å². The second-order valence-corrected chi connectivity index (χ2v) is 5.79. The van der Waals surface area contributed by atoms with E-state index in [4.69, 9.17) is 10.00 Å². The van der Waals surface area contributed by atoms with E-state index in [0.717, 1.165) is 5.69 Å². The molecule has 0 aromatic heterocycles. The van der Waals surface area contributed by atoms with Crippen LogP contribution in [0.15, 0.2) is 54.1 Å². The number of hydrogen-bond donors (Lipinski definition) is 1. The van der Waals surface area contributed by atoms with Crippen molar-refractivity contribution in [2.24, 2.45) is 0 Å². The number of hydrogen-bond acceptors (Lipinski definition) is 5. The molecule has 2 aromatic carbocycles. The van der Waals surface area contributed by atoms with Crippen molar-refractivity contribution >= 4 is 29.3 Å². The Kier molecular flexibility index (Phi) is 6.67. The molecule has 138 valence electrons. The molecule has 0 saturated carbocycles. The molecule has 6 nitrogen and oxygen atoms in total. The van der Waals surface area contributed by atoms with Crippen LogP contribution in [0.4, 0.5) is 15.8 Å². The third-order valence-corrected chi connectivity index (χ3v) is 3.52. The molecule has 1 amide bonds. The first-order valence-electron chi connectivity index (χ1n) is 8.01. The normalized spacial score (nSPS) is 10.7. The number of rotatable bonds is 6. The third-order valence-electron chi connectivity index (χ3n) is 3.52. The number of carbonyl (C=O) groups excluding carboxylic acids is 2. The van der Waals surface area contributed by atoms with Crippen LogP contribution >= 0.6 is 0 Å². The van der Waals surface area contributed by atoms with E-state index in [1.807, 2.05) is 31.1 Å². The molecule has 0 bridgehead atoms. The molecule has 2 aromatic rings. The molecule has 0 aliphatic carbocycles. The molecule has 0 unspecified atom stereocenters. The fourth-order valence-electron chi connectivity index (χ4n) is 2.11. The van der Waals surface area contributed by atoms with Gasteiger partial charge in [-0.1, -0.05) is 12.1 Å². The molecule has 2 rings (SSSR count). The van der Waals surface area contributed by atoms with E-state index >= 15 is 0 Å². The number of benzene rings is 2. The zero-order chi connectivity index (χ0) is 19.8. The summed E-state index contributed by atoms with van der Waals surface area (Å²) in [4.78, 5) is 25.7. The van der Waals surface area contributed by atoms with E-state index in [1.54, 1.807) is 18.2 Å². The fourth-order valence-corrected chi connectivity index (χ4v) is 2.11. The van der Waals surface area contributed by atoms with Crippen molar-refractivity contribution < 1.29 is 18.7 Å². The van der Waals surface area contributed by atoms with Crippen LogP contribution in [-0.4, -0.2) is 32.6 Å². The summed E-state index contributed by atoms with van der Waals surface area (Å²) in [7, 11) is 3.81. The van der Waals surface area contributed by atoms with Gasteiger partial charge in [-0.25, -0.2) is 9.18 Å². The first-order chi connectivity index (χ1) is 12.9. The molecule has 0 aliphatic heterocycles. The minimum atomic E-state index is -0.900. The summed E-state index contributed by atoms with van der Waals surface area (Å²) >= 11 is 0. The van der Waals surface area contributed by atoms with Crippen molar-refractivity contribution in [2.45, 2.75) is 0 Å². The Balaban J connectivity index is 1.95. The van der Waals surface area contributed by atoms with Gasteiger partial charge in [-0.2, -0.15) is 5.26 Å². The lowest BCUT2D eigenvalue weighted by atomic mass is 10.1. The smallest absolute Gasteiger partial charge is 0.349 e. The maximum Gasteiger partial charge on any atom is 0.349 e. The van der Waals surface area contributed by atoms with E-state index in [1.165, 1.54) is 30.3 Å². The van der Waals surface area contributed by atoms with Gasteiger partial charge in [0.1, 0.15) is 17.5 Å². The van der Waals surface area contributed by atoms with Crippen molar-refractivity contribution in [1.82, 2.24) is 0 Å². The monoisotopic (exact) mass is 367 g/mol. The number of nitrogens with one attached hydrogen (secondary N) is 1. The predicted molar refractivity (Wildman–Crippen MR) is 100 cm³/mol. The van der Waals surface area contributed by atoms with Crippen LogP contribution in [-0.2, 0) is 14.3 Å². The molecular weight excluding hydrogens is 349 g/mol. The van der Waals surface area contributed by atoms with E-state index in [0.29, 0.717) is 11.3 Å². The Morgan fingerprint density at radius 3 is 2.33 bits per heavy atom. The Bertz CT molecular complexity index is 882. The van der Waals surface area contributed by atoms with Crippen LogP contribution in [0.3, 0.4) is 0 Å². The van der Waals surface area contributed by atoms with Crippen LogP contribution in [0.5, 0.6) is 0 Å². The van der Waals surface area contributed by atoms with E-state index in [-0.39, 0.29) is 5.57 Å². The van der Waals surface area contributed by atoms with Gasteiger partial charge in [0.25, 0.3) is 5.91 Å². The Morgan fingerprint density at radius 1 is 1.15 bits per heavy atom. The van der Waals surface area contributed by atoms with Crippen LogP contribution in [0, 0.1) is 17.1 Å². The number of esters is 1. The van der Waals surface area contributed by atoms with E-state index in [9.17, 15) is 14.0 Å². The van der Waals surface area contributed by atoms with Crippen LogP contribution < -0.4 is 10.2 Å². The second-order valence-electron chi connectivity index (χ2n) is 5.79. The summed E-state index contributed by atoms with van der Waals surface area (Å²) in [6.45, 7) is -0.561. The zero-order valence-corrected chi connectivity index (χ0v) is 14.9. The average Bonchev–Trinajstić information content (AvgIpc) is 2.66. The molecule has 27 heavy (non-hydrogen) atoms. The topological polar surface area (TPSA) is 82.4 Å². The number of anilines is 2. The Morgan fingerprint density at radius 2 is 1.78 bits per heavy atom. The number of halogens is 1. The highest BCUT2D eigenvalue weighted by Gasteiger charge is 2.13. The van der Waals surface area contributed by atoms with E-state index < -0.39 is 24.3 Å². The number of nitriles is 1. The lowest BCUT2D eigenvalue weighted by Gasteiger charge is -2.11. The van der Waals surface area contributed by atoms with Crippen LogP contribution in [0.2, 0.25) is 0 Å². The molecule has 0 aliphatic rings. The largest absolute Gasteiger partial charge is 0.451 e. The summed E-state index contributed by atoms with van der Waals surface area (Å²) in [6.07, 6.45) is 1.39. The quantitative estimate of drug-likeness (QED) is 0.482. The molecule has 0 atom stereocenters. The van der Waals surface area contributed by atoms with Crippen molar-refractivity contribution in [2.75, 3.05) is 30.9 Å². The minimum absolute atomic E-state index is 0.220. The van der Waals surface area contributed by atoms with E-state index in [2.05, 4.69) is 5.32 Å². The zero-order valence-electron chi connectivity index (χ0n) is 14.9. The predicted octanol–water partition coefficient (Wildman–Crippen LogP) is 2.98. The van der Waals surface area contributed by atoms with Gasteiger partial charge in [0, 0.05) is 25.5 Å². The molecule has 0 saturated heterocycles. The van der Waals surface area contributed by atoms with Crippen molar-refractivity contribution in [3.63, 3.8) is 0 Å². The standard InChI is InChI=1S/C20H18FN3O3/c1-24(2)18-9-3-14(4-10-18)11-15(12-22)20(26)27-13-19(25)23-17-7-5-16(21)6-8-17/h3-11H,13H2,1-2H3,(H,23,25)/b15-11+. The first kappa shape index (κ1) is 19.7. The minimum Gasteiger partial charge on any atom is -0.451 e. The molecule has 7 heteroatoms. The Hall–Kier alpha value is -3.66.